The lowest BCUT2D eigenvalue weighted by Gasteiger charge is -2.11. The van der Waals surface area contributed by atoms with Crippen LogP contribution < -0.4 is 0 Å². The van der Waals surface area contributed by atoms with E-state index in [0.717, 1.165) is 0 Å². The number of imidazole rings is 1. The molecule has 0 spiro atoms. The Bertz CT molecular complexity index is 910. The Morgan fingerprint density at radius 3 is 2.39 bits per heavy atom. The molecule has 112 valence electrons. The van der Waals surface area contributed by atoms with Crippen LogP contribution in [0.2, 0.25) is 0 Å². The van der Waals surface area contributed by atoms with Crippen molar-refractivity contribution in [2.24, 2.45) is 0 Å². The van der Waals surface area contributed by atoms with E-state index >= 15 is 0 Å². The van der Waals surface area contributed by atoms with Crippen LogP contribution in [0.15, 0.2) is 48.9 Å². The van der Waals surface area contributed by atoms with Gasteiger partial charge in [-0.25, -0.2) is 14.8 Å². The number of imide groups is 1. The van der Waals surface area contributed by atoms with Gasteiger partial charge < -0.3 is 4.84 Å². The first-order chi connectivity index (χ1) is 11.1. The molecule has 4 rings (SSSR count). The van der Waals surface area contributed by atoms with Crippen molar-refractivity contribution in [2.45, 2.75) is 0 Å². The number of carbonyl (C=O) groups excluding carboxylic acids is 3. The van der Waals surface area contributed by atoms with Crippen molar-refractivity contribution < 1.29 is 19.2 Å². The SMILES string of the molecule is O=C(ON1C(=O)c2ccccc2C1=O)c1cn2cccnc2n1. The Morgan fingerprint density at radius 1 is 1.04 bits per heavy atom. The first-order valence-corrected chi connectivity index (χ1v) is 6.65. The van der Waals surface area contributed by atoms with Crippen LogP contribution in [-0.2, 0) is 4.84 Å². The van der Waals surface area contributed by atoms with Gasteiger partial charge in [0.1, 0.15) is 0 Å². The van der Waals surface area contributed by atoms with Crippen LogP contribution in [0.25, 0.3) is 5.78 Å². The summed E-state index contributed by atoms with van der Waals surface area (Å²) in [5.74, 6) is -1.96. The van der Waals surface area contributed by atoms with Gasteiger partial charge in [-0.2, -0.15) is 0 Å². The third kappa shape index (κ3) is 1.96. The molecule has 2 aromatic heterocycles. The highest BCUT2D eigenvalue weighted by molar-refractivity contribution is 6.21. The summed E-state index contributed by atoms with van der Waals surface area (Å²) in [5.41, 5.74) is 0.337. The molecule has 8 heteroatoms. The van der Waals surface area contributed by atoms with Gasteiger partial charge in [0.2, 0.25) is 5.78 Å². The number of benzene rings is 1. The maximum Gasteiger partial charge on any atom is 0.383 e. The van der Waals surface area contributed by atoms with Crippen molar-refractivity contribution in [3.8, 4) is 0 Å². The maximum atomic E-state index is 12.1. The molecule has 0 atom stereocenters. The van der Waals surface area contributed by atoms with Gasteiger partial charge in [0, 0.05) is 18.6 Å². The average molecular weight is 308 g/mol. The summed E-state index contributed by atoms with van der Waals surface area (Å²) >= 11 is 0. The number of fused-ring (bicyclic) bond motifs is 2. The van der Waals surface area contributed by atoms with E-state index in [-0.39, 0.29) is 16.8 Å². The number of aromatic nitrogens is 3. The Balaban J connectivity index is 1.62. The van der Waals surface area contributed by atoms with Gasteiger partial charge in [-0.15, -0.1) is 0 Å². The van der Waals surface area contributed by atoms with Gasteiger partial charge in [0.15, 0.2) is 5.69 Å². The van der Waals surface area contributed by atoms with Crippen LogP contribution in [0.3, 0.4) is 0 Å². The number of hydrogen-bond acceptors (Lipinski definition) is 6. The molecule has 1 aliphatic rings. The minimum atomic E-state index is -0.912. The summed E-state index contributed by atoms with van der Waals surface area (Å²) in [6.45, 7) is 0. The predicted molar refractivity (Wildman–Crippen MR) is 75.3 cm³/mol. The van der Waals surface area contributed by atoms with Crippen LogP contribution in [0.4, 0.5) is 0 Å². The fraction of sp³-hybridized carbons (Fsp3) is 0. The number of nitrogens with zero attached hydrogens (tertiary/aromatic N) is 4. The fourth-order valence-corrected chi connectivity index (χ4v) is 2.31. The topological polar surface area (TPSA) is 93.9 Å². The highest BCUT2D eigenvalue weighted by Gasteiger charge is 2.39. The molecule has 1 aromatic carbocycles. The molecular weight excluding hydrogens is 300 g/mol. The Labute approximate surface area is 128 Å². The van der Waals surface area contributed by atoms with Gasteiger partial charge in [0.25, 0.3) is 11.8 Å². The van der Waals surface area contributed by atoms with Gasteiger partial charge in [0.05, 0.1) is 11.1 Å². The second-order valence-electron chi connectivity index (χ2n) is 4.78. The van der Waals surface area contributed by atoms with E-state index in [2.05, 4.69) is 9.97 Å². The zero-order chi connectivity index (χ0) is 16.0. The van der Waals surface area contributed by atoms with E-state index in [0.29, 0.717) is 10.8 Å². The lowest BCUT2D eigenvalue weighted by atomic mass is 10.1. The minimum absolute atomic E-state index is 0.0553. The van der Waals surface area contributed by atoms with Crippen molar-refractivity contribution in [3.63, 3.8) is 0 Å². The van der Waals surface area contributed by atoms with Crippen LogP contribution in [-0.4, -0.2) is 37.2 Å². The fourth-order valence-electron chi connectivity index (χ4n) is 2.31. The molecule has 0 bridgehead atoms. The van der Waals surface area contributed by atoms with Crippen LogP contribution in [0, 0.1) is 0 Å². The molecule has 0 saturated heterocycles. The molecule has 2 amide bonds. The molecule has 23 heavy (non-hydrogen) atoms. The Kier molecular flexibility index (Phi) is 2.70. The zero-order valence-electron chi connectivity index (χ0n) is 11.5. The summed E-state index contributed by atoms with van der Waals surface area (Å²) in [4.78, 5) is 49.3. The highest BCUT2D eigenvalue weighted by atomic mass is 16.7. The molecule has 3 heterocycles. The Morgan fingerprint density at radius 2 is 1.74 bits per heavy atom. The second-order valence-corrected chi connectivity index (χ2v) is 4.78. The summed E-state index contributed by atoms with van der Waals surface area (Å²) in [6.07, 6.45) is 4.60. The molecule has 0 N–H and O–H groups in total. The monoisotopic (exact) mass is 308 g/mol. The van der Waals surface area contributed by atoms with Gasteiger partial charge in [-0.05, 0) is 18.2 Å². The second kappa shape index (κ2) is 4.73. The quantitative estimate of drug-likeness (QED) is 0.658. The summed E-state index contributed by atoms with van der Waals surface area (Å²) in [7, 11) is 0. The number of carbonyl (C=O) groups is 3. The molecule has 3 aromatic rings. The van der Waals surface area contributed by atoms with Crippen molar-refractivity contribution in [1.82, 2.24) is 19.4 Å². The van der Waals surface area contributed by atoms with Crippen LogP contribution in [0.5, 0.6) is 0 Å². The van der Waals surface area contributed by atoms with E-state index in [4.69, 9.17) is 4.84 Å². The van der Waals surface area contributed by atoms with Crippen LogP contribution in [0.1, 0.15) is 31.2 Å². The van der Waals surface area contributed by atoms with Crippen molar-refractivity contribution in [2.75, 3.05) is 0 Å². The van der Waals surface area contributed by atoms with Crippen molar-refractivity contribution in [3.05, 3.63) is 65.7 Å². The number of amides is 2. The van der Waals surface area contributed by atoms with E-state index in [1.165, 1.54) is 28.9 Å². The van der Waals surface area contributed by atoms with Crippen molar-refractivity contribution >= 4 is 23.6 Å². The smallest absolute Gasteiger partial charge is 0.322 e. The number of hydrogen-bond donors (Lipinski definition) is 0. The third-order valence-corrected chi connectivity index (χ3v) is 3.38. The summed E-state index contributed by atoms with van der Waals surface area (Å²) in [5, 5.41) is 0.449. The van der Waals surface area contributed by atoms with Crippen molar-refractivity contribution in [1.29, 1.82) is 0 Å². The first kappa shape index (κ1) is 13.1. The highest BCUT2D eigenvalue weighted by Crippen LogP contribution is 2.23. The standard InChI is InChI=1S/C15H8N4O4/c20-12-9-4-1-2-5-10(9)13(21)19(12)23-14(22)11-8-18-7-3-6-16-15(18)17-11/h1-8H. The maximum absolute atomic E-state index is 12.1. The van der Waals surface area contributed by atoms with Gasteiger partial charge in [-0.1, -0.05) is 17.2 Å². The largest absolute Gasteiger partial charge is 0.383 e. The summed E-state index contributed by atoms with van der Waals surface area (Å²) < 4.78 is 1.53. The molecular formula is C15H8N4O4. The average Bonchev–Trinajstić information content (AvgIpc) is 3.11. The molecule has 8 nitrogen and oxygen atoms in total. The van der Waals surface area contributed by atoms with Crippen LogP contribution >= 0.6 is 0 Å². The van der Waals surface area contributed by atoms with E-state index < -0.39 is 17.8 Å². The number of rotatable bonds is 2. The van der Waals surface area contributed by atoms with E-state index in [9.17, 15) is 14.4 Å². The minimum Gasteiger partial charge on any atom is -0.322 e. The molecule has 1 aliphatic heterocycles. The Hall–Kier alpha value is -3.55. The third-order valence-electron chi connectivity index (χ3n) is 3.38. The first-order valence-electron chi connectivity index (χ1n) is 6.65. The normalized spacial score (nSPS) is 13.5. The lowest BCUT2D eigenvalue weighted by molar-refractivity contribution is -0.0588. The van der Waals surface area contributed by atoms with E-state index in [1.807, 2.05) is 0 Å². The predicted octanol–water partition coefficient (Wildman–Crippen LogP) is 1.10. The molecule has 0 fully saturated rings. The molecule has 0 radical (unpaired) electrons. The molecule has 0 aliphatic carbocycles. The summed E-state index contributed by atoms with van der Waals surface area (Å²) in [6, 6.07) is 7.93. The molecule has 0 unspecified atom stereocenters. The zero-order valence-corrected chi connectivity index (χ0v) is 11.5. The number of hydroxylamine groups is 2. The van der Waals surface area contributed by atoms with Gasteiger partial charge >= 0.3 is 5.97 Å². The van der Waals surface area contributed by atoms with Gasteiger partial charge in [-0.3, -0.25) is 14.0 Å². The van der Waals surface area contributed by atoms with E-state index in [1.54, 1.807) is 24.4 Å². The molecule has 0 saturated carbocycles. The lowest BCUT2D eigenvalue weighted by Crippen LogP contribution is -2.32.